The molecule has 0 fully saturated rings. The van der Waals surface area contributed by atoms with Crippen molar-refractivity contribution in [2.75, 3.05) is 0 Å². The van der Waals surface area contributed by atoms with E-state index in [0.29, 0.717) is 12.2 Å². The van der Waals surface area contributed by atoms with Crippen molar-refractivity contribution in [1.29, 1.82) is 0 Å². The molecule has 3 rings (SSSR count). The predicted octanol–water partition coefficient (Wildman–Crippen LogP) is 1.02. The molecule has 120 valence electrons. The number of amides is 1. The van der Waals surface area contributed by atoms with Gasteiger partial charge in [0, 0.05) is 43.0 Å². The molecule has 0 saturated heterocycles. The molecule has 1 N–H and O–H groups in total. The van der Waals surface area contributed by atoms with Crippen molar-refractivity contribution in [2.45, 2.75) is 13.1 Å². The minimum atomic E-state index is -0.329. The van der Waals surface area contributed by atoms with Crippen LogP contribution in [0.1, 0.15) is 5.56 Å². The number of rotatable bonds is 5. The highest BCUT2D eigenvalue weighted by molar-refractivity contribution is 5.75. The summed E-state index contributed by atoms with van der Waals surface area (Å²) in [6, 6.07) is 10.3. The van der Waals surface area contributed by atoms with Gasteiger partial charge < -0.3 is 5.32 Å². The second-order valence-electron chi connectivity index (χ2n) is 5.09. The Bertz CT molecular complexity index is 878. The van der Waals surface area contributed by atoms with Crippen LogP contribution in [0, 0.1) is 0 Å². The number of aromatic nitrogens is 4. The molecule has 0 bridgehead atoms. The number of carbonyl (C=O) groups is 1. The van der Waals surface area contributed by atoms with Crippen molar-refractivity contribution >= 4 is 5.91 Å². The smallest absolute Gasteiger partial charge is 0.267 e. The van der Waals surface area contributed by atoms with Crippen molar-refractivity contribution in [3.05, 3.63) is 77.1 Å². The molecule has 3 aromatic heterocycles. The number of carbonyl (C=O) groups excluding carboxylic acids is 1. The lowest BCUT2D eigenvalue weighted by Gasteiger charge is -2.08. The Hall–Kier alpha value is -3.35. The molecule has 3 heterocycles. The molecular formula is C17H15N5O2. The van der Waals surface area contributed by atoms with Crippen LogP contribution in [0.25, 0.3) is 11.3 Å². The van der Waals surface area contributed by atoms with Crippen LogP contribution in [0.3, 0.4) is 0 Å². The molecule has 24 heavy (non-hydrogen) atoms. The third-order valence-electron chi connectivity index (χ3n) is 3.35. The maximum Gasteiger partial charge on any atom is 0.267 e. The molecule has 0 radical (unpaired) electrons. The van der Waals surface area contributed by atoms with E-state index in [9.17, 15) is 9.59 Å². The van der Waals surface area contributed by atoms with Crippen molar-refractivity contribution in [2.24, 2.45) is 0 Å². The largest absolute Gasteiger partial charge is 0.350 e. The Kier molecular flexibility index (Phi) is 4.71. The van der Waals surface area contributed by atoms with E-state index in [-0.39, 0.29) is 18.0 Å². The fourth-order valence-corrected chi connectivity index (χ4v) is 2.13. The molecule has 7 heteroatoms. The fourth-order valence-electron chi connectivity index (χ4n) is 2.13. The van der Waals surface area contributed by atoms with Gasteiger partial charge in [-0.1, -0.05) is 6.07 Å². The zero-order valence-electron chi connectivity index (χ0n) is 12.8. The molecule has 0 saturated carbocycles. The van der Waals surface area contributed by atoms with Gasteiger partial charge in [-0.2, -0.15) is 5.10 Å². The molecule has 0 atom stereocenters. The summed E-state index contributed by atoms with van der Waals surface area (Å²) in [5.74, 6) is -0.291. The van der Waals surface area contributed by atoms with Crippen LogP contribution in [0.4, 0.5) is 0 Å². The van der Waals surface area contributed by atoms with Gasteiger partial charge in [0.1, 0.15) is 6.54 Å². The molecule has 0 aliphatic carbocycles. The summed E-state index contributed by atoms with van der Waals surface area (Å²) in [6.07, 6.45) is 6.63. The van der Waals surface area contributed by atoms with Crippen LogP contribution < -0.4 is 10.9 Å². The molecule has 0 unspecified atom stereocenters. The number of hydrogen-bond donors (Lipinski definition) is 1. The number of hydrogen-bond acceptors (Lipinski definition) is 5. The zero-order chi connectivity index (χ0) is 16.8. The Morgan fingerprint density at radius 2 is 1.88 bits per heavy atom. The van der Waals surface area contributed by atoms with Gasteiger partial charge in [-0.25, -0.2) is 4.68 Å². The number of pyridine rings is 2. The van der Waals surface area contributed by atoms with Crippen molar-refractivity contribution < 1.29 is 4.79 Å². The first kappa shape index (κ1) is 15.5. The zero-order valence-corrected chi connectivity index (χ0v) is 12.8. The minimum absolute atomic E-state index is 0.141. The van der Waals surface area contributed by atoms with Crippen molar-refractivity contribution in [3.8, 4) is 11.3 Å². The summed E-state index contributed by atoms with van der Waals surface area (Å²) >= 11 is 0. The van der Waals surface area contributed by atoms with Crippen molar-refractivity contribution in [3.63, 3.8) is 0 Å². The van der Waals surface area contributed by atoms with Crippen LogP contribution in [0.2, 0.25) is 0 Å². The first-order valence-corrected chi connectivity index (χ1v) is 7.36. The van der Waals surface area contributed by atoms with Crippen LogP contribution >= 0.6 is 0 Å². The summed E-state index contributed by atoms with van der Waals surface area (Å²) < 4.78 is 1.15. The molecule has 0 aliphatic heterocycles. The summed E-state index contributed by atoms with van der Waals surface area (Å²) in [5, 5.41) is 6.99. The summed E-state index contributed by atoms with van der Waals surface area (Å²) in [6.45, 7) is 0.212. The van der Waals surface area contributed by atoms with E-state index in [0.717, 1.165) is 15.8 Å². The van der Waals surface area contributed by atoms with Gasteiger partial charge in [0.25, 0.3) is 5.56 Å². The predicted molar refractivity (Wildman–Crippen MR) is 87.8 cm³/mol. The van der Waals surface area contributed by atoms with E-state index < -0.39 is 0 Å². The van der Waals surface area contributed by atoms with Crippen LogP contribution in [0.15, 0.2) is 66.0 Å². The standard InChI is InChI=1S/C17H15N5O2/c23-16(20-11-13-2-1-7-19-10-13)12-22-17(24)4-3-15(21-22)14-5-8-18-9-6-14/h1-10H,11-12H2,(H,20,23). The van der Waals surface area contributed by atoms with E-state index in [1.807, 2.05) is 6.07 Å². The topological polar surface area (TPSA) is 89.8 Å². The van der Waals surface area contributed by atoms with E-state index in [4.69, 9.17) is 0 Å². The van der Waals surface area contributed by atoms with Crippen molar-refractivity contribution in [1.82, 2.24) is 25.1 Å². The second-order valence-corrected chi connectivity index (χ2v) is 5.09. The molecule has 0 spiro atoms. The quantitative estimate of drug-likeness (QED) is 0.757. The SMILES string of the molecule is O=C(Cn1nc(-c2ccncc2)ccc1=O)NCc1cccnc1. The maximum absolute atomic E-state index is 12.0. The van der Waals surface area contributed by atoms with Gasteiger partial charge in [-0.15, -0.1) is 0 Å². The highest BCUT2D eigenvalue weighted by Gasteiger charge is 2.08. The molecule has 1 amide bonds. The normalized spacial score (nSPS) is 10.3. The lowest BCUT2D eigenvalue weighted by Crippen LogP contribution is -2.33. The van der Waals surface area contributed by atoms with Crippen LogP contribution in [0.5, 0.6) is 0 Å². The van der Waals surface area contributed by atoms with Gasteiger partial charge in [-0.3, -0.25) is 19.6 Å². The van der Waals surface area contributed by atoms with E-state index in [1.54, 1.807) is 49.1 Å². The van der Waals surface area contributed by atoms with Crippen LogP contribution in [-0.4, -0.2) is 25.7 Å². The molecule has 0 aromatic carbocycles. The monoisotopic (exact) mass is 321 g/mol. The van der Waals surface area contributed by atoms with E-state index >= 15 is 0 Å². The number of nitrogens with one attached hydrogen (secondary N) is 1. The lowest BCUT2D eigenvalue weighted by atomic mass is 10.2. The maximum atomic E-state index is 12.0. The third kappa shape index (κ3) is 3.89. The Labute approximate surface area is 138 Å². The van der Waals surface area contributed by atoms with Gasteiger partial charge in [0.15, 0.2) is 0 Å². The third-order valence-corrected chi connectivity index (χ3v) is 3.35. The summed E-state index contributed by atoms with van der Waals surface area (Å²) in [7, 11) is 0. The average molecular weight is 321 g/mol. The number of nitrogens with zero attached hydrogens (tertiary/aromatic N) is 4. The second kappa shape index (κ2) is 7.28. The average Bonchev–Trinajstić information content (AvgIpc) is 2.63. The highest BCUT2D eigenvalue weighted by atomic mass is 16.2. The Morgan fingerprint density at radius 3 is 2.62 bits per heavy atom. The summed E-state index contributed by atoms with van der Waals surface area (Å²) in [4.78, 5) is 31.9. The molecule has 3 aromatic rings. The molecular weight excluding hydrogens is 306 g/mol. The van der Waals surface area contributed by atoms with Gasteiger partial charge in [-0.05, 0) is 29.8 Å². The van der Waals surface area contributed by atoms with Gasteiger partial charge in [0.2, 0.25) is 5.91 Å². The highest BCUT2D eigenvalue weighted by Crippen LogP contribution is 2.12. The van der Waals surface area contributed by atoms with Gasteiger partial charge in [0.05, 0.1) is 5.69 Å². The molecule has 0 aliphatic rings. The van der Waals surface area contributed by atoms with Gasteiger partial charge >= 0.3 is 0 Å². The Morgan fingerprint density at radius 1 is 1.04 bits per heavy atom. The first-order valence-electron chi connectivity index (χ1n) is 7.36. The first-order chi connectivity index (χ1) is 11.7. The van der Waals surface area contributed by atoms with E-state index in [1.165, 1.54) is 6.07 Å². The van der Waals surface area contributed by atoms with Crippen LogP contribution in [-0.2, 0) is 17.9 Å². The lowest BCUT2D eigenvalue weighted by molar-refractivity contribution is -0.122. The van der Waals surface area contributed by atoms with E-state index in [2.05, 4.69) is 20.4 Å². The Balaban J connectivity index is 1.70. The minimum Gasteiger partial charge on any atom is -0.350 e. The molecule has 7 nitrogen and oxygen atoms in total. The fraction of sp³-hybridized carbons (Fsp3) is 0.118. The summed E-state index contributed by atoms with van der Waals surface area (Å²) in [5.41, 5.74) is 1.99.